The topological polar surface area (TPSA) is 94.0 Å². The van der Waals surface area contributed by atoms with E-state index >= 15 is 0 Å². The molecule has 0 radical (unpaired) electrons. The Morgan fingerprint density at radius 2 is 1.58 bits per heavy atom. The summed E-state index contributed by atoms with van der Waals surface area (Å²) in [4.78, 5) is 31.6. The molecule has 0 fully saturated rings. The second-order valence-electron chi connectivity index (χ2n) is 7.15. The van der Waals surface area contributed by atoms with Crippen LogP contribution in [0.15, 0.2) is 89.9 Å². The molecule has 156 valence electrons. The molecule has 0 saturated heterocycles. The van der Waals surface area contributed by atoms with Gasteiger partial charge in [-0.1, -0.05) is 60.7 Å². The second kappa shape index (κ2) is 9.13. The van der Waals surface area contributed by atoms with Crippen molar-refractivity contribution in [1.29, 1.82) is 0 Å². The molecular formula is C24H22N4O3. The number of carbonyl (C=O) groups excluding carboxylic acids is 2. The van der Waals surface area contributed by atoms with E-state index in [1.807, 2.05) is 48.5 Å². The normalized spacial score (nSPS) is 13.5. The SMILES string of the molecule is O=C(Nc1ccccc1)[C@H](Cc1ccccc1)NC(=O)N1CC(O)=Nc2ccccc21. The van der Waals surface area contributed by atoms with Crippen LogP contribution in [0.2, 0.25) is 0 Å². The molecule has 0 unspecified atom stereocenters. The minimum Gasteiger partial charge on any atom is -0.495 e. The third-order valence-electron chi connectivity index (χ3n) is 4.90. The number of hydrogen-bond acceptors (Lipinski definition) is 3. The summed E-state index contributed by atoms with van der Waals surface area (Å²) in [5.74, 6) is -0.492. The summed E-state index contributed by atoms with van der Waals surface area (Å²) < 4.78 is 0. The average molecular weight is 414 g/mol. The summed E-state index contributed by atoms with van der Waals surface area (Å²) in [6.07, 6.45) is 0.320. The molecule has 1 aliphatic heterocycles. The predicted molar refractivity (Wildman–Crippen MR) is 121 cm³/mol. The first-order valence-corrected chi connectivity index (χ1v) is 9.93. The molecule has 0 spiro atoms. The van der Waals surface area contributed by atoms with Crippen LogP contribution in [0.3, 0.4) is 0 Å². The van der Waals surface area contributed by atoms with Gasteiger partial charge >= 0.3 is 6.03 Å². The van der Waals surface area contributed by atoms with Crippen molar-refractivity contribution in [3.8, 4) is 0 Å². The number of benzene rings is 3. The van der Waals surface area contributed by atoms with Gasteiger partial charge in [0.2, 0.25) is 11.8 Å². The summed E-state index contributed by atoms with van der Waals surface area (Å²) in [6, 6.07) is 24.3. The van der Waals surface area contributed by atoms with Crippen LogP contribution in [0.1, 0.15) is 5.56 Å². The van der Waals surface area contributed by atoms with Gasteiger partial charge in [0.25, 0.3) is 0 Å². The maximum Gasteiger partial charge on any atom is 0.323 e. The number of aliphatic hydroxyl groups is 1. The maximum atomic E-state index is 13.1. The Labute approximate surface area is 180 Å². The van der Waals surface area contributed by atoms with Gasteiger partial charge in [-0.3, -0.25) is 9.69 Å². The highest BCUT2D eigenvalue weighted by Crippen LogP contribution is 2.31. The monoisotopic (exact) mass is 414 g/mol. The Hall–Kier alpha value is -4.13. The molecule has 3 aromatic carbocycles. The van der Waals surface area contributed by atoms with E-state index in [0.29, 0.717) is 23.5 Å². The lowest BCUT2D eigenvalue weighted by Gasteiger charge is -2.29. The lowest BCUT2D eigenvalue weighted by atomic mass is 10.1. The Balaban J connectivity index is 1.56. The molecule has 4 rings (SSSR count). The quantitative estimate of drug-likeness (QED) is 0.588. The standard InChI is InChI=1S/C24H22N4O3/c29-22-16-28(21-14-8-7-13-19(21)26-22)24(31)27-20(15-17-9-3-1-4-10-17)23(30)25-18-11-5-2-6-12-18/h1-14,20H,15-16H2,(H,25,30)(H,26,29)(H,27,31)/t20-/m0/s1. The first-order valence-electron chi connectivity index (χ1n) is 9.93. The first-order chi connectivity index (χ1) is 15.1. The Morgan fingerprint density at radius 3 is 2.32 bits per heavy atom. The molecule has 3 aromatic rings. The molecule has 1 aliphatic rings. The number of nitrogens with one attached hydrogen (secondary N) is 2. The van der Waals surface area contributed by atoms with Crippen molar-refractivity contribution in [1.82, 2.24) is 5.32 Å². The van der Waals surface area contributed by atoms with Crippen LogP contribution < -0.4 is 15.5 Å². The van der Waals surface area contributed by atoms with Crippen molar-refractivity contribution < 1.29 is 14.7 Å². The van der Waals surface area contributed by atoms with Gasteiger partial charge in [0.05, 0.1) is 11.4 Å². The number of aliphatic hydroxyl groups excluding tert-OH is 1. The van der Waals surface area contributed by atoms with Gasteiger partial charge in [-0.15, -0.1) is 0 Å². The van der Waals surface area contributed by atoms with Crippen molar-refractivity contribution >= 4 is 34.9 Å². The van der Waals surface area contributed by atoms with Crippen LogP contribution >= 0.6 is 0 Å². The molecule has 0 saturated carbocycles. The number of aliphatic imine (C=N–C) groups is 1. The number of carbonyl (C=O) groups is 2. The van der Waals surface area contributed by atoms with Gasteiger partial charge in [-0.2, -0.15) is 0 Å². The fraction of sp³-hybridized carbons (Fsp3) is 0.125. The smallest absolute Gasteiger partial charge is 0.323 e. The van der Waals surface area contributed by atoms with Crippen molar-refractivity contribution in [2.75, 3.05) is 16.8 Å². The zero-order chi connectivity index (χ0) is 21.6. The van der Waals surface area contributed by atoms with Crippen LogP contribution in [-0.2, 0) is 11.2 Å². The van der Waals surface area contributed by atoms with Gasteiger partial charge in [0.1, 0.15) is 12.6 Å². The van der Waals surface area contributed by atoms with Gasteiger partial charge in [-0.05, 0) is 29.8 Å². The highest BCUT2D eigenvalue weighted by atomic mass is 16.3. The summed E-state index contributed by atoms with van der Waals surface area (Å²) in [5, 5.41) is 15.7. The van der Waals surface area contributed by atoms with Crippen molar-refractivity contribution in [3.63, 3.8) is 0 Å². The fourth-order valence-corrected chi connectivity index (χ4v) is 3.41. The zero-order valence-corrected chi connectivity index (χ0v) is 16.7. The lowest BCUT2D eigenvalue weighted by molar-refractivity contribution is -0.117. The van der Waals surface area contributed by atoms with E-state index in [2.05, 4.69) is 15.6 Å². The molecule has 1 atom stereocenters. The van der Waals surface area contributed by atoms with Crippen LogP contribution in [0.4, 0.5) is 21.9 Å². The summed E-state index contributed by atoms with van der Waals surface area (Å²) in [5.41, 5.74) is 2.63. The van der Waals surface area contributed by atoms with Gasteiger partial charge in [0.15, 0.2) is 0 Å². The van der Waals surface area contributed by atoms with E-state index in [4.69, 9.17) is 0 Å². The number of para-hydroxylation sites is 3. The van der Waals surface area contributed by atoms with Gasteiger partial charge in [-0.25, -0.2) is 9.79 Å². The Morgan fingerprint density at radius 1 is 0.935 bits per heavy atom. The summed E-state index contributed by atoms with van der Waals surface area (Å²) >= 11 is 0. The Bertz CT molecular complexity index is 1100. The molecule has 0 aromatic heterocycles. The summed E-state index contributed by atoms with van der Waals surface area (Å²) in [7, 11) is 0. The van der Waals surface area contributed by atoms with Crippen LogP contribution in [-0.4, -0.2) is 35.5 Å². The van der Waals surface area contributed by atoms with E-state index < -0.39 is 12.1 Å². The zero-order valence-electron chi connectivity index (χ0n) is 16.7. The van der Waals surface area contributed by atoms with Crippen LogP contribution in [0.25, 0.3) is 0 Å². The van der Waals surface area contributed by atoms with Crippen LogP contribution in [0, 0.1) is 0 Å². The number of nitrogens with zero attached hydrogens (tertiary/aromatic N) is 2. The minimum atomic E-state index is -0.816. The average Bonchev–Trinajstić information content (AvgIpc) is 2.79. The number of urea groups is 1. The number of anilines is 2. The highest BCUT2D eigenvalue weighted by Gasteiger charge is 2.28. The molecule has 0 aliphatic carbocycles. The van der Waals surface area contributed by atoms with E-state index in [1.54, 1.807) is 36.4 Å². The summed E-state index contributed by atoms with van der Waals surface area (Å²) in [6.45, 7) is -0.0682. The second-order valence-corrected chi connectivity index (χ2v) is 7.15. The van der Waals surface area contributed by atoms with Gasteiger partial charge < -0.3 is 15.7 Å². The fourth-order valence-electron chi connectivity index (χ4n) is 3.41. The molecule has 31 heavy (non-hydrogen) atoms. The number of fused-ring (bicyclic) bond motifs is 1. The molecule has 7 heteroatoms. The Kier molecular flexibility index (Phi) is 5.93. The molecule has 3 amide bonds. The third kappa shape index (κ3) is 4.90. The largest absolute Gasteiger partial charge is 0.495 e. The van der Waals surface area contributed by atoms with E-state index in [9.17, 15) is 14.7 Å². The van der Waals surface area contributed by atoms with Crippen molar-refractivity contribution in [2.24, 2.45) is 4.99 Å². The molecule has 0 bridgehead atoms. The van der Waals surface area contributed by atoms with E-state index in [-0.39, 0.29) is 18.3 Å². The molecule has 7 nitrogen and oxygen atoms in total. The third-order valence-corrected chi connectivity index (χ3v) is 4.90. The van der Waals surface area contributed by atoms with Gasteiger partial charge in [0, 0.05) is 12.1 Å². The molecular weight excluding hydrogens is 392 g/mol. The highest BCUT2D eigenvalue weighted by molar-refractivity contribution is 6.05. The molecule has 3 N–H and O–H groups in total. The maximum absolute atomic E-state index is 13.1. The van der Waals surface area contributed by atoms with E-state index in [0.717, 1.165) is 5.56 Å². The number of hydrogen-bond donors (Lipinski definition) is 3. The van der Waals surface area contributed by atoms with Crippen LogP contribution in [0.5, 0.6) is 0 Å². The lowest BCUT2D eigenvalue weighted by Crippen LogP contribution is -2.52. The number of amides is 3. The predicted octanol–water partition coefficient (Wildman–Crippen LogP) is 4.05. The molecule has 1 heterocycles. The van der Waals surface area contributed by atoms with E-state index in [1.165, 1.54) is 4.90 Å². The number of rotatable bonds is 5. The van der Waals surface area contributed by atoms with Crippen molar-refractivity contribution in [3.05, 3.63) is 90.5 Å². The first kappa shape index (κ1) is 20.2. The minimum absolute atomic E-state index is 0.0682. The van der Waals surface area contributed by atoms with Crippen molar-refractivity contribution in [2.45, 2.75) is 12.5 Å².